The smallest absolute Gasteiger partial charge is 0.340 e. The standard InChI is InChI=1S/C23H21N3O5S2/c1-14-13-32-23(24-14)33-20-10-9-16(26(29)30)11-18(20)22(28)31-12-21(27)25-19-8-4-6-15-5-2-3-7-17(15)19/h2-3,5,7,9-11,13,19H,4,6,8,12H2,1H3,(H,25,27)/t19-/m1/s1. The molecule has 3 aromatic rings. The number of hydrogen-bond donors (Lipinski definition) is 1. The van der Waals surface area contributed by atoms with Crippen molar-refractivity contribution < 1.29 is 19.2 Å². The van der Waals surface area contributed by atoms with E-state index in [0.29, 0.717) is 9.24 Å². The summed E-state index contributed by atoms with van der Waals surface area (Å²) >= 11 is 2.63. The predicted molar refractivity (Wildman–Crippen MR) is 125 cm³/mol. The van der Waals surface area contributed by atoms with Crippen LogP contribution in [0.15, 0.2) is 57.1 Å². The van der Waals surface area contributed by atoms with Gasteiger partial charge in [0, 0.05) is 28.1 Å². The molecule has 1 heterocycles. The maximum atomic E-state index is 12.8. The van der Waals surface area contributed by atoms with Crippen LogP contribution in [0.4, 0.5) is 5.69 Å². The van der Waals surface area contributed by atoms with E-state index < -0.39 is 23.4 Å². The number of esters is 1. The van der Waals surface area contributed by atoms with Gasteiger partial charge in [0.15, 0.2) is 10.9 Å². The molecule has 1 aliphatic carbocycles. The normalized spacial score (nSPS) is 14.9. The summed E-state index contributed by atoms with van der Waals surface area (Å²) in [4.78, 5) is 40.7. The highest BCUT2D eigenvalue weighted by Gasteiger charge is 2.23. The van der Waals surface area contributed by atoms with E-state index in [2.05, 4.69) is 16.4 Å². The van der Waals surface area contributed by atoms with Crippen LogP contribution in [0.1, 0.15) is 46.1 Å². The molecule has 8 nitrogen and oxygen atoms in total. The van der Waals surface area contributed by atoms with Gasteiger partial charge in [0.05, 0.1) is 16.5 Å². The minimum atomic E-state index is -0.798. The van der Waals surface area contributed by atoms with Crippen LogP contribution in [-0.2, 0) is 16.0 Å². The van der Waals surface area contributed by atoms with Gasteiger partial charge in [-0.1, -0.05) is 36.0 Å². The van der Waals surface area contributed by atoms with Crippen LogP contribution in [0.5, 0.6) is 0 Å². The minimum absolute atomic E-state index is 0.0258. The van der Waals surface area contributed by atoms with Crippen LogP contribution in [-0.4, -0.2) is 28.4 Å². The van der Waals surface area contributed by atoms with Gasteiger partial charge in [-0.3, -0.25) is 14.9 Å². The molecule has 4 rings (SSSR count). The van der Waals surface area contributed by atoms with Crippen molar-refractivity contribution in [3.63, 3.8) is 0 Å². The lowest BCUT2D eigenvalue weighted by molar-refractivity contribution is -0.384. The fourth-order valence-electron chi connectivity index (χ4n) is 3.70. The van der Waals surface area contributed by atoms with Crippen molar-refractivity contribution in [3.8, 4) is 0 Å². The topological polar surface area (TPSA) is 111 Å². The lowest BCUT2D eigenvalue weighted by Crippen LogP contribution is -2.34. The lowest BCUT2D eigenvalue weighted by atomic mass is 9.88. The number of amides is 1. The Hall–Kier alpha value is -3.24. The molecule has 1 atom stereocenters. The first-order chi connectivity index (χ1) is 15.9. The minimum Gasteiger partial charge on any atom is -0.452 e. The van der Waals surface area contributed by atoms with Crippen LogP contribution in [0, 0.1) is 17.0 Å². The zero-order valence-corrected chi connectivity index (χ0v) is 19.4. The highest BCUT2D eigenvalue weighted by atomic mass is 32.2. The van der Waals surface area contributed by atoms with Gasteiger partial charge in [-0.25, -0.2) is 9.78 Å². The van der Waals surface area contributed by atoms with Crippen LogP contribution < -0.4 is 5.32 Å². The van der Waals surface area contributed by atoms with Crippen LogP contribution in [0.3, 0.4) is 0 Å². The molecule has 1 amide bonds. The third-order valence-corrected chi connectivity index (χ3v) is 7.36. The third kappa shape index (κ3) is 5.58. The number of carbonyl (C=O) groups is 2. The summed E-state index contributed by atoms with van der Waals surface area (Å²) in [7, 11) is 0. The zero-order valence-electron chi connectivity index (χ0n) is 17.8. The van der Waals surface area contributed by atoms with Crippen molar-refractivity contribution in [2.75, 3.05) is 6.61 Å². The van der Waals surface area contributed by atoms with E-state index in [1.165, 1.54) is 46.9 Å². The number of rotatable bonds is 7. The Bertz CT molecular complexity index is 1210. The number of non-ortho nitro benzene ring substituents is 1. The van der Waals surface area contributed by atoms with Gasteiger partial charge in [0.25, 0.3) is 11.6 Å². The molecule has 170 valence electrons. The fraction of sp³-hybridized carbons (Fsp3) is 0.261. The second-order valence-electron chi connectivity index (χ2n) is 7.58. The first-order valence-electron chi connectivity index (χ1n) is 10.3. The number of nitro groups is 1. The molecule has 0 bridgehead atoms. The average Bonchev–Trinajstić information content (AvgIpc) is 3.22. The number of fused-ring (bicyclic) bond motifs is 1. The number of carbonyl (C=O) groups excluding carboxylic acids is 2. The molecule has 0 aliphatic heterocycles. The fourth-order valence-corrected chi connectivity index (χ4v) is 5.60. The number of nitro benzene ring substituents is 1. The van der Waals surface area contributed by atoms with E-state index in [0.717, 1.165) is 30.5 Å². The number of benzene rings is 2. The maximum absolute atomic E-state index is 12.8. The van der Waals surface area contributed by atoms with Gasteiger partial charge in [-0.2, -0.15) is 0 Å². The molecule has 33 heavy (non-hydrogen) atoms. The van der Waals surface area contributed by atoms with Crippen molar-refractivity contribution in [2.24, 2.45) is 0 Å². The monoisotopic (exact) mass is 483 g/mol. The van der Waals surface area contributed by atoms with Crippen molar-refractivity contribution in [1.82, 2.24) is 10.3 Å². The van der Waals surface area contributed by atoms with Gasteiger partial charge >= 0.3 is 5.97 Å². The zero-order chi connectivity index (χ0) is 23.4. The van der Waals surface area contributed by atoms with E-state index in [4.69, 9.17) is 4.74 Å². The maximum Gasteiger partial charge on any atom is 0.340 e. The van der Waals surface area contributed by atoms with Crippen molar-refractivity contribution in [3.05, 3.63) is 80.3 Å². The van der Waals surface area contributed by atoms with Crippen molar-refractivity contribution in [1.29, 1.82) is 0 Å². The van der Waals surface area contributed by atoms with Crippen LogP contribution in [0.2, 0.25) is 0 Å². The van der Waals surface area contributed by atoms with Gasteiger partial charge in [-0.15, -0.1) is 11.3 Å². The van der Waals surface area contributed by atoms with Gasteiger partial charge in [-0.05, 0) is 43.4 Å². The Morgan fingerprint density at radius 1 is 1.30 bits per heavy atom. The molecule has 0 saturated heterocycles. The molecular weight excluding hydrogens is 462 g/mol. The Morgan fingerprint density at radius 2 is 2.12 bits per heavy atom. The Morgan fingerprint density at radius 3 is 2.88 bits per heavy atom. The number of nitrogens with zero attached hydrogens (tertiary/aromatic N) is 2. The lowest BCUT2D eigenvalue weighted by Gasteiger charge is -2.26. The molecule has 1 aromatic heterocycles. The SMILES string of the molecule is Cc1csc(Sc2ccc([N+](=O)[O-])cc2C(=O)OCC(=O)N[C@@H]2CCCc3ccccc32)n1. The Balaban J connectivity index is 1.44. The van der Waals surface area contributed by atoms with Gasteiger partial charge in [0.2, 0.25) is 0 Å². The van der Waals surface area contributed by atoms with Gasteiger partial charge in [0.1, 0.15) is 0 Å². The number of hydrogen-bond acceptors (Lipinski definition) is 8. The number of ether oxygens (including phenoxy) is 1. The second kappa shape index (κ2) is 10.1. The first-order valence-corrected chi connectivity index (χ1v) is 12.0. The summed E-state index contributed by atoms with van der Waals surface area (Å²) in [5.74, 6) is -1.21. The second-order valence-corrected chi connectivity index (χ2v) is 9.73. The van der Waals surface area contributed by atoms with E-state index in [9.17, 15) is 19.7 Å². The van der Waals surface area contributed by atoms with E-state index >= 15 is 0 Å². The first kappa shape index (κ1) is 22.9. The van der Waals surface area contributed by atoms with E-state index in [1.54, 1.807) is 0 Å². The molecule has 0 fully saturated rings. The van der Waals surface area contributed by atoms with Crippen molar-refractivity contribution >= 4 is 40.7 Å². The number of aryl methyl sites for hydroxylation is 2. The Kier molecular flexibility index (Phi) is 7.05. The predicted octanol–water partition coefficient (Wildman–Crippen LogP) is 4.86. The number of nitrogens with one attached hydrogen (secondary N) is 1. The highest BCUT2D eigenvalue weighted by molar-refractivity contribution is 8.01. The van der Waals surface area contributed by atoms with Crippen LogP contribution >= 0.6 is 23.1 Å². The molecule has 2 aromatic carbocycles. The molecule has 0 spiro atoms. The van der Waals surface area contributed by atoms with Crippen LogP contribution in [0.25, 0.3) is 0 Å². The quantitative estimate of drug-likeness (QED) is 0.290. The summed E-state index contributed by atoms with van der Waals surface area (Å²) in [6.45, 7) is 1.38. The summed E-state index contributed by atoms with van der Waals surface area (Å²) in [5.41, 5.74) is 2.93. The van der Waals surface area contributed by atoms with Gasteiger partial charge < -0.3 is 10.1 Å². The number of thiazole rings is 1. The Labute approximate surface area is 198 Å². The average molecular weight is 484 g/mol. The molecule has 10 heteroatoms. The molecule has 1 N–H and O–H groups in total. The number of aromatic nitrogens is 1. The molecular formula is C23H21N3O5S2. The molecule has 0 radical (unpaired) electrons. The van der Waals surface area contributed by atoms with Crippen molar-refractivity contribution in [2.45, 2.75) is 41.5 Å². The summed E-state index contributed by atoms with van der Waals surface area (Å²) in [6.07, 6.45) is 2.76. The molecule has 0 unspecified atom stereocenters. The third-order valence-electron chi connectivity index (χ3n) is 5.23. The van der Waals surface area contributed by atoms with E-state index in [-0.39, 0.29) is 17.3 Å². The summed E-state index contributed by atoms with van der Waals surface area (Å²) < 4.78 is 5.93. The summed E-state index contributed by atoms with van der Waals surface area (Å²) in [5, 5.41) is 16.0. The molecule has 0 saturated carbocycles. The van der Waals surface area contributed by atoms with E-state index in [1.807, 2.05) is 30.5 Å². The largest absolute Gasteiger partial charge is 0.452 e. The molecule has 1 aliphatic rings. The highest BCUT2D eigenvalue weighted by Crippen LogP contribution is 2.35. The summed E-state index contributed by atoms with van der Waals surface area (Å²) in [6, 6.07) is 11.8.